The Morgan fingerprint density at radius 3 is 2.68 bits per heavy atom. The molecule has 0 bridgehead atoms. The zero-order valence-electron chi connectivity index (χ0n) is 15.2. The average Bonchev–Trinajstić information content (AvgIpc) is 3.17. The summed E-state index contributed by atoms with van der Waals surface area (Å²) < 4.78 is 1.70. The number of carbonyl (C=O) groups is 1. The lowest BCUT2D eigenvalue weighted by molar-refractivity contribution is 0.0724. The van der Waals surface area contributed by atoms with Crippen LogP contribution in [0.15, 0.2) is 52.8 Å². The molecule has 3 heterocycles. The number of aromatic nitrogens is 5. The molecule has 0 aliphatic carbocycles. The number of tetrazole rings is 1. The molecule has 1 aromatic carbocycles. The minimum Gasteiger partial charge on any atom is -0.339 e. The fraction of sp³-hybridized carbons (Fsp3) is 0.316. The van der Waals surface area contributed by atoms with E-state index < -0.39 is 0 Å². The highest BCUT2D eigenvalue weighted by Crippen LogP contribution is 2.31. The highest BCUT2D eigenvalue weighted by atomic mass is 35.5. The number of hydrogen-bond donors (Lipinski definition) is 0. The molecule has 0 spiro atoms. The van der Waals surface area contributed by atoms with Crippen LogP contribution < -0.4 is 0 Å². The Balaban J connectivity index is 1.49. The molecule has 1 amide bonds. The molecule has 0 unspecified atom stereocenters. The zero-order chi connectivity index (χ0) is 19.3. The largest absolute Gasteiger partial charge is 0.339 e. The summed E-state index contributed by atoms with van der Waals surface area (Å²) in [4.78, 5) is 18.9. The molecule has 0 saturated carbocycles. The summed E-state index contributed by atoms with van der Waals surface area (Å²) in [7, 11) is 0. The lowest BCUT2D eigenvalue weighted by atomic mass is 10.1. The van der Waals surface area contributed by atoms with Gasteiger partial charge in [-0.3, -0.25) is 4.79 Å². The molecule has 2 aromatic heterocycles. The molecule has 9 heteroatoms. The topological polar surface area (TPSA) is 76.8 Å². The van der Waals surface area contributed by atoms with E-state index in [-0.39, 0.29) is 5.91 Å². The van der Waals surface area contributed by atoms with E-state index >= 15 is 0 Å². The predicted molar refractivity (Wildman–Crippen MR) is 106 cm³/mol. The van der Waals surface area contributed by atoms with Gasteiger partial charge >= 0.3 is 0 Å². The predicted octanol–water partition coefficient (Wildman–Crippen LogP) is 3.55. The summed E-state index contributed by atoms with van der Waals surface area (Å²) in [6.07, 6.45) is 4.85. The van der Waals surface area contributed by atoms with E-state index in [0.29, 0.717) is 27.3 Å². The van der Waals surface area contributed by atoms with Gasteiger partial charge in [0.2, 0.25) is 5.16 Å². The van der Waals surface area contributed by atoms with Crippen LogP contribution in [0.4, 0.5) is 0 Å². The number of amides is 1. The van der Waals surface area contributed by atoms with E-state index in [2.05, 4.69) is 20.5 Å². The third kappa shape index (κ3) is 4.34. The first-order chi connectivity index (χ1) is 13.7. The van der Waals surface area contributed by atoms with Crippen LogP contribution in [0.3, 0.4) is 0 Å². The number of nitrogens with zero attached hydrogens (tertiary/aromatic N) is 6. The van der Waals surface area contributed by atoms with Crippen molar-refractivity contribution in [2.75, 3.05) is 13.1 Å². The Hall–Kier alpha value is -2.45. The second kappa shape index (κ2) is 8.70. The summed E-state index contributed by atoms with van der Waals surface area (Å²) in [5.74, 6) is -0.0143. The van der Waals surface area contributed by atoms with E-state index in [9.17, 15) is 4.79 Å². The van der Waals surface area contributed by atoms with E-state index in [1.54, 1.807) is 16.9 Å². The van der Waals surface area contributed by atoms with Gasteiger partial charge in [-0.25, -0.2) is 9.67 Å². The number of likely N-dealkylation sites (tertiary alicyclic amines) is 1. The smallest absolute Gasteiger partial charge is 0.255 e. The molecule has 1 aliphatic heterocycles. The van der Waals surface area contributed by atoms with Gasteiger partial charge in [-0.15, -0.1) is 5.10 Å². The van der Waals surface area contributed by atoms with Crippen LogP contribution in [0.25, 0.3) is 0 Å². The summed E-state index contributed by atoms with van der Waals surface area (Å²) >= 11 is 7.69. The Labute approximate surface area is 172 Å². The van der Waals surface area contributed by atoms with Gasteiger partial charge in [-0.05, 0) is 53.1 Å². The maximum absolute atomic E-state index is 12.6. The molecule has 1 saturated heterocycles. The molecule has 3 aromatic rings. The Bertz CT molecular complexity index is 958. The monoisotopic (exact) mass is 414 g/mol. The van der Waals surface area contributed by atoms with Crippen LogP contribution in [0, 0.1) is 0 Å². The van der Waals surface area contributed by atoms with Crippen molar-refractivity contribution in [1.29, 1.82) is 0 Å². The van der Waals surface area contributed by atoms with Gasteiger partial charge in [0.15, 0.2) is 0 Å². The van der Waals surface area contributed by atoms with Crippen molar-refractivity contribution in [2.45, 2.75) is 36.0 Å². The van der Waals surface area contributed by atoms with Crippen molar-refractivity contribution in [2.24, 2.45) is 0 Å². The molecule has 144 valence electrons. The van der Waals surface area contributed by atoms with Gasteiger partial charge in [0.05, 0.1) is 17.1 Å². The molecule has 0 atom stereocenters. The first kappa shape index (κ1) is 18.9. The highest BCUT2D eigenvalue weighted by Gasteiger charge is 2.20. The molecule has 7 nitrogen and oxygen atoms in total. The number of piperidine rings is 1. The summed E-state index contributed by atoms with van der Waals surface area (Å²) in [5.41, 5.74) is 1.61. The molecule has 0 radical (unpaired) electrons. The van der Waals surface area contributed by atoms with Crippen LogP contribution in [0.5, 0.6) is 0 Å². The van der Waals surface area contributed by atoms with Gasteiger partial charge in [-0.2, -0.15) is 0 Å². The Kier molecular flexibility index (Phi) is 5.87. The van der Waals surface area contributed by atoms with Crippen molar-refractivity contribution in [3.63, 3.8) is 0 Å². The summed E-state index contributed by atoms with van der Waals surface area (Å²) in [6.45, 7) is 2.14. The minimum atomic E-state index is -0.0143. The van der Waals surface area contributed by atoms with E-state index in [1.165, 1.54) is 18.2 Å². The number of halogens is 1. The standard InChI is InChI=1S/C19H19ClN6OS/c20-16-11-15(18(27)25-9-5-2-6-10-25)12-21-17(16)28-19-22-23-24-26(19)13-14-7-3-1-4-8-14/h1,3-4,7-8,11-12H,2,5-6,9-10,13H2. The third-order valence-electron chi connectivity index (χ3n) is 4.56. The molecule has 28 heavy (non-hydrogen) atoms. The van der Waals surface area contributed by atoms with Crippen LogP contribution in [-0.4, -0.2) is 49.1 Å². The van der Waals surface area contributed by atoms with Gasteiger partial charge in [0.1, 0.15) is 5.03 Å². The number of benzene rings is 1. The lowest BCUT2D eigenvalue weighted by Gasteiger charge is -2.26. The first-order valence-corrected chi connectivity index (χ1v) is 10.3. The van der Waals surface area contributed by atoms with Crippen molar-refractivity contribution in [3.05, 3.63) is 58.7 Å². The molecule has 0 N–H and O–H groups in total. The Morgan fingerprint density at radius 1 is 1.14 bits per heavy atom. The summed E-state index contributed by atoms with van der Waals surface area (Å²) in [5, 5.41) is 13.5. The fourth-order valence-electron chi connectivity index (χ4n) is 3.11. The SMILES string of the molecule is O=C(c1cnc(Sc2nnnn2Cc2ccccc2)c(Cl)c1)N1CCCCC1. The maximum Gasteiger partial charge on any atom is 0.255 e. The first-order valence-electron chi connectivity index (χ1n) is 9.13. The molecule has 1 aliphatic rings. The van der Waals surface area contributed by atoms with Crippen LogP contribution >= 0.6 is 23.4 Å². The zero-order valence-corrected chi connectivity index (χ0v) is 16.7. The van der Waals surface area contributed by atoms with Crippen LogP contribution in [-0.2, 0) is 6.54 Å². The van der Waals surface area contributed by atoms with Crippen molar-refractivity contribution < 1.29 is 4.79 Å². The highest BCUT2D eigenvalue weighted by molar-refractivity contribution is 7.99. The van der Waals surface area contributed by atoms with Crippen molar-refractivity contribution in [3.8, 4) is 0 Å². The van der Waals surface area contributed by atoms with Gasteiger partial charge in [-0.1, -0.05) is 41.9 Å². The molecule has 1 fully saturated rings. The Morgan fingerprint density at radius 2 is 1.93 bits per heavy atom. The number of carbonyl (C=O) groups excluding carboxylic acids is 1. The summed E-state index contributed by atoms with van der Waals surface area (Å²) in [6, 6.07) is 11.6. The van der Waals surface area contributed by atoms with E-state index in [1.807, 2.05) is 35.2 Å². The van der Waals surface area contributed by atoms with Crippen LogP contribution in [0.1, 0.15) is 35.2 Å². The normalized spacial score (nSPS) is 14.2. The van der Waals surface area contributed by atoms with Crippen LogP contribution in [0.2, 0.25) is 5.02 Å². The number of rotatable bonds is 5. The second-order valence-corrected chi connectivity index (χ2v) is 7.93. The van der Waals surface area contributed by atoms with E-state index in [4.69, 9.17) is 11.6 Å². The van der Waals surface area contributed by atoms with Gasteiger partial charge in [0.25, 0.3) is 5.91 Å². The molecule has 4 rings (SSSR count). The minimum absolute atomic E-state index is 0.0143. The molecular formula is C19H19ClN6OS. The van der Waals surface area contributed by atoms with E-state index in [0.717, 1.165) is 31.5 Å². The van der Waals surface area contributed by atoms with Gasteiger partial charge < -0.3 is 4.90 Å². The fourth-order valence-corrected chi connectivity index (χ4v) is 4.11. The van der Waals surface area contributed by atoms with Crippen molar-refractivity contribution >= 4 is 29.3 Å². The third-order valence-corrected chi connectivity index (χ3v) is 5.95. The van der Waals surface area contributed by atoms with Gasteiger partial charge in [0, 0.05) is 19.3 Å². The quantitative estimate of drug-likeness (QED) is 0.635. The maximum atomic E-state index is 12.6. The average molecular weight is 415 g/mol. The second-order valence-electron chi connectivity index (χ2n) is 6.57. The number of hydrogen-bond acceptors (Lipinski definition) is 6. The van der Waals surface area contributed by atoms with Crippen molar-refractivity contribution in [1.82, 2.24) is 30.1 Å². The lowest BCUT2D eigenvalue weighted by Crippen LogP contribution is -2.35. The number of pyridine rings is 1. The molecular weight excluding hydrogens is 396 g/mol.